The molecule has 3 rings (SSSR count). The van der Waals surface area contributed by atoms with Crippen molar-refractivity contribution in [2.45, 2.75) is 51.5 Å². The minimum absolute atomic E-state index is 0.0629. The van der Waals surface area contributed by atoms with Gasteiger partial charge in [-0.15, -0.1) is 0 Å². The number of aromatic nitrogens is 1. The van der Waals surface area contributed by atoms with Gasteiger partial charge in [0, 0.05) is 25.3 Å². The van der Waals surface area contributed by atoms with Crippen LogP contribution in [-0.2, 0) is 4.79 Å². The number of carbonyl (C=O) groups is 2. The summed E-state index contributed by atoms with van der Waals surface area (Å²) >= 11 is 0. The molecule has 0 bridgehead atoms. The molecule has 1 aromatic heterocycles. The van der Waals surface area contributed by atoms with Crippen molar-refractivity contribution in [1.82, 2.24) is 9.88 Å². The van der Waals surface area contributed by atoms with Gasteiger partial charge < -0.3 is 15.3 Å². The van der Waals surface area contributed by atoms with Gasteiger partial charge >= 0.3 is 5.97 Å². The maximum absolute atomic E-state index is 12.5. The van der Waals surface area contributed by atoms with Crippen LogP contribution in [0.3, 0.4) is 0 Å². The molecule has 2 aliphatic rings. The molecule has 0 atom stereocenters. The number of carbonyl (C=O) groups excluding carboxylic acids is 1. The molecule has 1 amide bonds. The monoisotopic (exact) mass is 345 g/mol. The lowest BCUT2D eigenvalue weighted by Gasteiger charge is -2.30. The van der Waals surface area contributed by atoms with E-state index < -0.39 is 5.97 Å². The van der Waals surface area contributed by atoms with Crippen LogP contribution in [0.15, 0.2) is 18.3 Å². The number of anilines is 1. The quantitative estimate of drug-likeness (QED) is 0.876. The summed E-state index contributed by atoms with van der Waals surface area (Å²) in [7, 11) is 0. The predicted octanol–water partition coefficient (Wildman–Crippen LogP) is 3.01. The molecule has 1 aliphatic heterocycles. The molecule has 1 saturated heterocycles. The lowest BCUT2D eigenvalue weighted by atomic mass is 9.86. The first-order valence-corrected chi connectivity index (χ1v) is 9.27. The van der Waals surface area contributed by atoms with Gasteiger partial charge in [-0.25, -0.2) is 4.98 Å². The SMILES string of the molecule is CC1CCN(C(=O)c2ccc(NC3CCC(C(=O)O)CC3)nc2)CC1. The Labute approximate surface area is 148 Å². The molecule has 136 valence electrons. The van der Waals surface area contributed by atoms with E-state index in [0.29, 0.717) is 24.3 Å². The number of carboxylic acid groups (broad SMARTS) is 1. The van der Waals surface area contributed by atoms with Crippen molar-refractivity contribution in [3.05, 3.63) is 23.9 Å². The molecular weight excluding hydrogens is 318 g/mol. The van der Waals surface area contributed by atoms with Crippen LogP contribution in [0.4, 0.5) is 5.82 Å². The molecule has 0 unspecified atom stereocenters. The van der Waals surface area contributed by atoms with Crippen LogP contribution in [0.5, 0.6) is 0 Å². The third-order valence-electron chi connectivity index (χ3n) is 5.51. The minimum atomic E-state index is -0.688. The van der Waals surface area contributed by atoms with Crippen LogP contribution in [0.1, 0.15) is 55.8 Å². The van der Waals surface area contributed by atoms with E-state index in [4.69, 9.17) is 5.11 Å². The first-order chi connectivity index (χ1) is 12.0. The highest BCUT2D eigenvalue weighted by atomic mass is 16.4. The number of piperidine rings is 1. The number of likely N-dealkylation sites (tertiary alicyclic amines) is 1. The Morgan fingerprint density at radius 1 is 1.12 bits per heavy atom. The van der Waals surface area contributed by atoms with Crippen molar-refractivity contribution in [2.24, 2.45) is 11.8 Å². The first-order valence-electron chi connectivity index (χ1n) is 9.27. The maximum Gasteiger partial charge on any atom is 0.306 e. The summed E-state index contributed by atoms with van der Waals surface area (Å²) in [6.07, 6.45) is 6.87. The molecule has 6 heteroatoms. The van der Waals surface area contributed by atoms with Gasteiger partial charge in [0.15, 0.2) is 0 Å². The summed E-state index contributed by atoms with van der Waals surface area (Å²) in [6, 6.07) is 3.94. The molecule has 0 spiro atoms. The Morgan fingerprint density at radius 3 is 2.36 bits per heavy atom. The third-order valence-corrected chi connectivity index (χ3v) is 5.51. The zero-order valence-corrected chi connectivity index (χ0v) is 14.8. The molecule has 0 aromatic carbocycles. The van der Waals surface area contributed by atoms with E-state index >= 15 is 0 Å². The van der Waals surface area contributed by atoms with E-state index in [0.717, 1.165) is 44.6 Å². The second kappa shape index (κ2) is 7.85. The van der Waals surface area contributed by atoms with Crippen molar-refractivity contribution in [3.63, 3.8) is 0 Å². The summed E-state index contributed by atoms with van der Waals surface area (Å²) < 4.78 is 0. The molecule has 2 N–H and O–H groups in total. The highest BCUT2D eigenvalue weighted by Crippen LogP contribution is 2.26. The largest absolute Gasteiger partial charge is 0.481 e. The summed E-state index contributed by atoms with van der Waals surface area (Å²) in [5.74, 6) is 0.616. The van der Waals surface area contributed by atoms with Crippen LogP contribution in [0.25, 0.3) is 0 Å². The number of nitrogens with zero attached hydrogens (tertiary/aromatic N) is 2. The van der Waals surface area contributed by atoms with E-state index in [1.165, 1.54) is 0 Å². The van der Waals surface area contributed by atoms with E-state index in [1.807, 2.05) is 17.0 Å². The van der Waals surface area contributed by atoms with Gasteiger partial charge in [-0.05, 0) is 56.6 Å². The van der Waals surface area contributed by atoms with Crippen LogP contribution in [-0.4, -0.2) is 46.0 Å². The molecule has 2 heterocycles. The second-order valence-corrected chi connectivity index (χ2v) is 7.44. The number of aliphatic carboxylic acids is 1. The fourth-order valence-corrected chi connectivity index (χ4v) is 3.69. The zero-order chi connectivity index (χ0) is 17.8. The van der Waals surface area contributed by atoms with Gasteiger partial charge in [-0.3, -0.25) is 9.59 Å². The molecule has 0 radical (unpaired) electrons. The average molecular weight is 345 g/mol. The smallest absolute Gasteiger partial charge is 0.306 e. The van der Waals surface area contributed by atoms with Crippen molar-refractivity contribution in [3.8, 4) is 0 Å². The Kier molecular flexibility index (Phi) is 5.56. The Hall–Kier alpha value is -2.11. The highest BCUT2D eigenvalue weighted by Gasteiger charge is 2.26. The number of hydrogen-bond acceptors (Lipinski definition) is 4. The van der Waals surface area contributed by atoms with Crippen molar-refractivity contribution >= 4 is 17.7 Å². The van der Waals surface area contributed by atoms with Crippen molar-refractivity contribution in [2.75, 3.05) is 18.4 Å². The molecule has 6 nitrogen and oxygen atoms in total. The summed E-state index contributed by atoms with van der Waals surface area (Å²) in [5.41, 5.74) is 0.634. The highest BCUT2D eigenvalue weighted by molar-refractivity contribution is 5.94. The lowest BCUT2D eigenvalue weighted by molar-refractivity contribution is -0.142. The summed E-state index contributed by atoms with van der Waals surface area (Å²) in [4.78, 5) is 29.8. The topological polar surface area (TPSA) is 82.5 Å². The number of nitrogens with one attached hydrogen (secondary N) is 1. The second-order valence-electron chi connectivity index (χ2n) is 7.44. The number of carboxylic acids is 1. The Balaban J connectivity index is 1.52. The molecule has 1 aliphatic carbocycles. The number of rotatable bonds is 4. The first kappa shape index (κ1) is 17.7. The van der Waals surface area contributed by atoms with Crippen LogP contribution in [0.2, 0.25) is 0 Å². The van der Waals surface area contributed by atoms with E-state index in [-0.39, 0.29) is 17.9 Å². The van der Waals surface area contributed by atoms with E-state index in [2.05, 4.69) is 17.2 Å². The van der Waals surface area contributed by atoms with Gasteiger partial charge in [0.2, 0.25) is 0 Å². The number of amides is 1. The lowest BCUT2D eigenvalue weighted by Crippen LogP contribution is -2.38. The Bertz CT molecular complexity index is 601. The van der Waals surface area contributed by atoms with Gasteiger partial charge in [-0.2, -0.15) is 0 Å². The molecule has 1 saturated carbocycles. The van der Waals surface area contributed by atoms with Crippen LogP contribution < -0.4 is 5.32 Å². The van der Waals surface area contributed by atoms with Gasteiger partial charge in [-0.1, -0.05) is 6.92 Å². The normalized spacial score (nSPS) is 24.8. The standard InChI is InChI=1S/C19H27N3O3/c1-13-8-10-22(11-9-13)18(23)15-4-7-17(20-12-15)21-16-5-2-14(3-6-16)19(24)25/h4,7,12-14,16H,2-3,5-6,8-11H2,1H3,(H,20,21)(H,24,25). The van der Waals surface area contributed by atoms with Crippen LogP contribution in [0, 0.1) is 11.8 Å². The van der Waals surface area contributed by atoms with E-state index in [1.54, 1.807) is 6.20 Å². The molecule has 25 heavy (non-hydrogen) atoms. The van der Waals surface area contributed by atoms with Crippen LogP contribution >= 0.6 is 0 Å². The predicted molar refractivity (Wildman–Crippen MR) is 95.5 cm³/mol. The number of pyridine rings is 1. The average Bonchev–Trinajstić information content (AvgIpc) is 2.63. The van der Waals surface area contributed by atoms with Crippen molar-refractivity contribution in [1.29, 1.82) is 0 Å². The Morgan fingerprint density at radius 2 is 1.80 bits per heavy atom. The minimum Gasteiger partial charge on any atom is -0.481 e. The molecule has 1 aromatic rings. The number of hydrogen-bond donors (Lipinski definition) is 2. The molecule has 2 fully saturated rings. The van der Waals surface area contributed by atoms with Gasteiger partial charge in [0.05, 0.1) is 11.5 Å². The van der Waals surface area contributed by atoms with Crippen molar-refractivity contribution < 1.29 is 14.7 Å². The van der Waals surface area contributed by atoms with E-state index in [9.17, 15) is 9.59 Å². The van der Waals surface area contributed by atoms with Gasteiger partial charge in [0.1, 0.15) is 5.82 Å². The summed E-state index contributed by atoms with van der Waals surface area (Å²) in [5, 5.41) is 12.4. The third kappa shape index (κ3) is 4.50. The summed E-state index contributed by atoms with van der Waals surface area (Å²) in [6.45, 7) is 3.88. The fraction of sp³-hybridized carbons (Fsp3) is 0.632. The fourth-order valence-electron chi connectivity index (χ4n) is 3.69. The van der Waals surface area contributed by atoms with Gasteiger partial charge in [0.25, 0.3) is 5.91 Å². The maximum atomic E-state index is 12.5. The zero-order valence-electron chi connectivity index (χ0n) is 14.8. The molecular formula is C19H27N3O3.